The third-order valence-electron chi connectivity index (χ3n) is 3.69. The summed E-state index contributed by atoms with van der Waals surface area (Å²) in [5.74, 6) is 1.18. The molecule has 0 amide bonds. The zero-order valence-electron chi connectivity index (χ0n) is 11.9. The van der Waals surface area contributed by atoms with E-state index >= 15 is 0 Å². The quantitative estimate of drug-likeness (QED) is 0.385. The summed E-state index contributed by atoms with van der Waals surface area (Å²) in [7, 11) is 0. The maximum atomic E-state index is 9.05. The minimum absolute atomic E-state index is 0.106. The Bertz CT molecular complexity index is 688. The number of nitrogens with two attached hydrogens (primary N) is 1. The van der Waals surface area contributed by atoms with Crippen molar-refractivity contribution in [2.45, 2.75) is 12.2 Å². The largest absolute Gasteiger partial charge is 0.409 e. The van der Waals surface area contributed by atoms with Gasteiger partial charge in [-0.2, -0.15) is 11.8 Å². The van der Waals surface area contributed by atoms with Gasteiger partial charge >= 0.3 is 0 Å². The summed E-state index contributed by atoms with van der Waals surface area (Å²) in [4.78, 5) is 6.74. The zero-order valence-corrected chi connectivity index (χ0v) is 12.7. The van der Waals surface area contributed by atoms with Gasteiger partial charge in [0, 0.05) is 35.7 Å². The van der Waals surface area contributed by atoms with E-state index in [2.05, 4.69) is 22.0 Å². The fraction of sp³-hybridized carbons (Fsp3) is 0.333. The lowest BCUT2D eigenvalue weighted by atomic mass is 10.1. The summed E-state index contributed by atoms with van der Waals surface area (Å²) in [5.41, 5.74) is 8.49. The lowest BCUT2D eigenvalue weighted by Gasteiger charge is -2.34. The molecule has 0 saturated carbocycles. The third-order valence-corrected chi connectivity index (χ3v) is 4.82. The molecule has 2 heterocycles. The predicted molar refractivity (Wildman–Crippen MR) is 88.4 cm³/mol. The highest BCUT2D eigenvalue weighted by Gasteiger charge is 2.23. The Labute approximate surface area is 127 Å². The molecule has 1 aromatic heterocycles. The summed E-state index contributed by atoms with van der Waals surface area (Å²) in [6.07, 6.45) is 1.69. The monoisotopic (exact) mass is 302 g/mol. The van der Waals surface area contributed by atoms with Crippen molar-refractivity contribution in [2.24, 2.45) is 10.9 Å². The average molecular weight is 302 g/mol. The van der Waals surface area contributed by atoms with Gasteiger partial charge in [0.25, 0.3) is 0 Å². The molecule has 5 nitrogen and oxygen atoms in total. The van der Waals surface area contributed by atoms with Gasteiger partial charge in [-0.25, -0.2) is 0 Å². The fourth-order valence-electron chi connectivity index (χ4n) is 2.73. The summed E-state index contributed by atoms with van der Waals surface area (Å²) in [6, 6.07) is 7.98. The number of hydrogen-bond donors (Lipinski definition) is 2. The summed E-state index contributed by atoms with van der Waals surface area (Å²) < 4.78 is 0. The first-order valence-corrected chi connectivity index (χ1v) is 7.97. The molecular weight excluding hydrogens is 284 g/mol. The van der Waals surface area contributed by atoms with Crippen molar-refractivity contribution in [1.29, 1.82) is 0 Å². The van der Waals surface area contributed by atoms with Crippen LogP contribution in [0.5, 0.6) is 0 Å². The molecule has 3 rings (SSSR count). The van der Waals surface area contributed by atoms with Crippen LogP contribution in [-0.2, 0) is 0 Å². The number of rotatable bonds is 2. The molecule has 0 spiro atoms. The SMILES string of the molecule is CC1CN(c2c(/C(N)=N/O)cnc3ccccc23)CCS1. The Morgan fingerprint density at radius 2 is 2.29 bits per heavy atom. The van der Waals surface area contributed by atoms with Crippen LogP contribution >= 0.6 is 11.8 Å². The van der Waals surface area contributed by atoms with Crippen molar-refractivity contribution in [1.82, 2.24) is 4.98 Å². The van der Waals surface area contributed by atoms with Gasteiger partial charge in [-0.1, -0.05) is 30.3 Å². The van der Waals surface area contributed by atoms with Crippen LogP contribution in [0, 0.1) is 0 Å². The van der Waals surface area contributed by atoms with Crippen LogP contribution in [0.3, 0.4) is 0 Å². The van der Waals surface area contributed by atoms with Crippen LogP contribution in [-0.4, -0.2) is 40.1 Å². The second-order valence-corrected chi connectivity index (χ2v) is 6.70. The highest BCUT2D eigenvalue weighted by molar-refractivity contribution is 8.00. The number of nitrogens with zero attached hydrogens (tertiary/aromatic N) is 3. The first kappa shape index (κ1) is 14.0. The van der Waals surface area contributed by atoms with E-state index in [1.807, 2.05) is 36.0 Å². The second kappa shape index (κ2) is 5.81. The zero-order chi connectivity index (χ0) is 14.8. The van der Waals surface area contributed by atoms with Crippen LogP contribution in [0.15, 0.2) is 35.6 Å². The van der Waals surface area contributed by atoms with E-state index in [1.165, 1.54) is 0 Å². The van der Waals surface area contributed by atoms with Crippen LogP contribution < -0.4 is 10.6 Å². The smallest absolute Gasteiger partial charge is 0.173 e. The summed E-state index contributed by atoms with van der Waals surface area (Å²) >= 11 is 1.97. The molecule has 1 atom stereocenters. The first-order valence-electron chi connectivity index (χ1n) is 6.93. The highest BCUT2D eigenvalue weighted by atomic mass is 32.2. The number of hydrogen-bond acceptors (Lipinski definition) is 5. The van der Waals surface area contributed by atoms with Crippen molar-refractivity contribution in [3.8, 4) is 0 Å². The molecule has 0 radical (unpaired) electrons. The summed E-state index contributed by atoms with van der Waals surface area (Å²) in [5, 5.41) is 13.8. The molecule has 1 aromatic carbocycles. The van der Waals surface area contributed by atoms with Gasteiger partial charge in [0.2, 0.25) is 0 Å². The summed E-state index contributed by atoms with van der Waals surface area (Å²) in [6.45, 7) is 4.13. The number of para-hydroxylation sites is 1. The molecule has 110 valence electrons. The van der Waals surface area contributed by atoms with Crippen molar-refractivity contribution >= 4 is 34.2 Å². The Hall–Kier alpha value is -1.95. The molecule has 0 aliphatic carbocycles. The predicted octanol–water partition coefficient (Wildman–Crippen LogP) is 2.27. The Morgan fingerprint density at radius 3 is 3.05 bits per heavy atom. The van der Waals surface area contributed by atoms with E-state index in [1.54, 1.807) is 6.20 Å². The molecule has 1 saturated heterocycles. The van der Waals surface area contributed by atoms with Crippen molar-refractivity contribution in [3.05, 3.63) is 36.0 Å². The van der Waals surface area contributed by atoms with E-state index in [-0.39, 0.29) is 5.84 Å². The Balaban J connectivity index is 2.20. The Kier molecular flexibility index (Phi) is 3.88. The number of aromatic nitrogens is 1. The molecule has 2 aromatic rings. The third kappa shape index (κ3) is 2.63. The van der Waals surface area contributed by atoms with Gasteiger partial charge in [-0.15, -0.1) is 0 Å². The fourth-order valence-corrected chi connectivity index (χ4v) is 3.74. The second-order valence-electron chi connectivity index (χ2n) is 5.15. The topological polar surface area (TPSA) is 74.7 Å². The van der Waals surface area contributed by atoms with Gasteiger partial charge in [0.15, 0.2) is 5.84 Å². The number of oxime groups is 1. The number of fused-ring (bicyclic) bond motifs is 1. The first-order chi connectivity index (χ1) is 10.2. The molecule has 1 aliphatic rings. The minimum atomic E-state index is 0.106. The molecule has 3 N–H and O–H groups in total. The van der Waals surface area contributed by atoms with Gasteiger partial charge in [0.1, 0.15) is 0 Å². The van der Waals surface area contributed by atoms with Crippen molar-refractivity contribution in [2.75, 3.05) is 23.7 Å². The van der Waals surface area contributed by atoms with Crippen LogP contribution in [0.2, 0.25) is 0 Å². The van der Waals surface area contributed by atoms with E-state index in [0.717, 1.165) is 35.4 Å². The lowest BCUT2D eigenvalue weighted by molar-refractivity contribution is 0.318. The van der Waals surface area contributed by atoms with E-state index < -0.39 is 0 Å². The molecule has 1 aliphatic heterocycles. The van der Waals surface area contributed by atoms with Gasteiger partial charge in [-0.3, -0.25) is 4.98 Å². The van der Waals surface area contributed by atoms with Crippen LogP contribution in [0.25, 0.3) is 10.9 Å². The molecule has 6 heteroatoms. The number of anilines is 1. The maximum absolute atomic E-state index is 9.05. The lowest BCUT2D eigenvalue weighted by Crippen LogP contribution is -2.38. The molecule has 1 fully saturated rings. The minimum Gasteiger partial charge on any atom is -0.409 e. The normalized spacial score (nSPS) is 20.0. The van der Waals surface area contributed by atoms with Gasteiger partial charge in [-0.05, 0) is 6.07 Å². The van der Waals surface area contributed by atoms with Crippen molar-refractivity contribution < 1.29 is 5.21 Å². The van der Waals surface area contributed by atoms with Crippen molar-refractivity contribution in [3.63, 3.8) is 0 Å². The van der Waals surface area contributed by atoms with Gasteiger partial charge in [0.05, 0.1) is 16.8 Å². The van der Waals surface area contributed by atoms with Crippen LogP contribution in [0.4, 0.5) is 5.69 Å². The van der Waals surface area contributed by atoms with E-state index in [9.17, 15) is 0 Å². The van der Waals surface area contributed by atoms with Gasteiger partial charge < -0.3 is 15.8 Å². The highest BCUT2D eigenvalue weighted by Crippen LogP contribution is 2.32. The number of amidine groups is 1. The molecular formula is C15H18N4OS. The number of benzene rings is 1. The molecule has 0 bridgehead atoms. The molecule has 1 unspecified atom stereocenters. The van der Waals surface area contributed by atoms with E-state index in [0.29, 0.717) is 10.8 Å². The standard InChI is InChI=1S/C15H18N4OS/c1-10-9-19(6-7-21-10)14-11-4-2-3-5-13(11)17-8-12(14)15(16)18-20/h2-5,8,10,20H,6-7,9H2,1H3,(H2,16,18). The average Bonchev–Trinajstić information content (AvgIpc) is 2.53. The number of thioether (sulfide) groups is 1. The van der Waals surface area contributed by atoms with E-state index in [4.69, 9.17) is 10.9 Å². The Morgan fingerprint density at radius 1 is 1.48 bits per heavy atom. The molecule has 21 heavy (non-hydrogen) atoms. The number of pyridine rings is 1. The maximum Gasteiger partial charge on any atom is 0.173 e. The van der Waals surface area contributed by atoms with Crippen LogP contribution in [0.1, 0.15) is 12.5 Å².